The number of aromatic amines is 1. The Morgan fingerprint density at radius 3 is 2.77 bits per heavy atom. The van der Waals surface area contributed by atoms with Gasteiger partial charge in [-0.15, -0.1) is 0 Å². The maximum Gasteiger partial charge on any atom is 0.131 e. The number of rotatable bonds is 5. The number of benzene rings is 2. The van der Waals surface area contributed by atoms with Gasteiger partial charge in [-0.25, -0.2) is 4.39 Å². The number of hydrogen-bond donors (Lipinski definition) is 1. The zero-order valence-electron chi connectivity index (χ0n) is 16.8. The predicted molar refractivity (Wildman–Crippen MR) is 113 cm³/mol. The summed E-state index contributed by atoms with van der Waals surface area (Å²) in [6.45, 7) is 4.74. The van der Waals surface area contributed by atoms with Gasteiger partial charge in [0.1, 0.15) is 17.7 Å². The highest BCUT2D eigenvalue weighted by Gasteiger charge is 2.22. The topological polar surface area (TPSA) is 68.1 Å². The van der Waals surface area contributed by atoms with E-state index in [0.29, 0.717) is 0 Å². The van der Waals surface area contributed by atoms with Crippen molar-refractivity contribution < 1.29 is 9.13 Å². The van der Waals surface area contributed by atoms with E-state index in [1.165, 1.54) is 17.7 Å². The number of H-pyrrole nitrogens is 1. The molecule has 154 valence electrons. The number of pyridine rings is 1. The zero-order valence-corrected chi connectivity index (χ0v) is 16.8. The summed E-state index contributed by atoms with van der Waals surface area (Å²) in [4.78, 5) is 6.92. The molecule has 3 heterocycles. The van der Waals surface area contributed by atoms with E-state index in [0.717, 1.165) is 66.2 Å². The summed E-state index contributed by atoms with van der Waals surface area (Å²) in [6.07, 6.45) is 1.99. The SMILES string of the molecule is Cc1cc(OC2CCN(Cc3cccc(-c4n[nH][n-]4)c3)CC2)c2cc(F)ccc2n1. The molecular formula is C23H23FN5O-. The first-order valence-corrected chi connectivity index (χ1v) is 10.2. The minimum Gasteiger partial charge on any atom is -0.490 e. The molecule has 1 N–H and O–H groups in total. The quantitative estimate of drug-likeness (QED) is 0.543. The molecule has 0 aliphatic carbocycles. The number of aryl methyl sites for hydroxylation is 1. The second-order valence-corrected chi connectivity index (χ2v) is 7.86. The largest absolute Gasteiger partial charge is 0.490 e. The Labute approximate surface area is 174 Å². The Bertz CT molecular complexity index is 1150. The number of piperidine rings is 1. The van der Waals surface area contributed by atoms with E-state index >= 15 is 0 Å². The van der Waals surface area contributed by atoms with Crippen LogP contribution in [0.3, 0.4) is 0 Å². The van der Waals surface area contributed by atoms with Crippen molar-refractivity contribution in [3.05, 3.63) is 65.6 Å². The van der Waals surface area contributed by atoms with Gasteiger partial charge in [0.25, 0.3) is 0 Å². The number of nitrogens with one attached hydrogen (secondary N) is 1. The molecule has 2 aromatic carbocycles. The molecule has 1 aliphatic rings. The molecule has 1 fully saturated rings. The fourth-order valence-corrected chi connectivity index (χ4v) is 4.05. The average Bonchev–Trinajstić information content (AvgIpc) is 2.69. The molecular weight excluding hydrogens is 381 g/mol. The lowest BCUT2D eigenvalue weighted by Gasteiger charge is -2.32. The van der Waals surface area contributed by atoms with Crippen LogP contribution in [0.1, 0.15) is 24.1 Å². The average molecular weight is 404 g/mol. The van der Waals surface area contributed by atoms with Gasteiger partial charge in [0.2, 0.25) is 0 Å². The van der Waals surface area contributed by atoms with E-state index < -0.39 is 0 Å². The van der Waals surface area contributed by atoms with E-state index in [2.05, 4.69) is 37.4 Å². The zero-order chi connectivity index (χ0) is 20.5. The summed E-state index contributed by atoms with van der Waals surface area (Å²) in [6, 6.07) is 14.9. The van der Waals surface area contributed by atoms with Crippen LogP contribution < -0.4 is 9.84 Å². The number of aromatic nitrogens is 4. The molecule has 2 aromatic heterocycles. The Morgan fingerprint density at radius 2 is 2.00 bits per heavy atom. The highest BCUT2D eigenvalue weighted by atomic mass is 19.1. The third-order valence-electron chi connectivity index (χ3n) is 5.59. The lowest BCUT2D eigenvalue weighted by molar-refractivity contribution is 0.0979. The molecule has 0 spiro atoms. The van der Waals surface area contributed by atoms with Crippen LogP contribution in [0, 0.1) is 12.7 Å². The van der Waals surface area contributed by atoms with E-state index in [1.807, 2.05) is 25.1 Å². The van der Waals surface area contributed by atoms with Crippen molar-refractivity contribution in [2.24, 2.45) is 0 Å². The normalized spacial score (nSPS) is 15.7. The van der Waals surface area contributed by atoms with Crippen molar-refractivity contribution in [3.8, 4) is 17.1 Å². The Kier molecular flexibility index (Phi) is 4.96. The highest BCUT2D eigenvalue weighted by molar-refractivity contribution is 5.85. The Balaban J connectivity index is 1.23. The van der Waals surface area contributed by atoms with Crippen LogP contribution in [0.2, 0.25) is 0 Å². The van der Waals surface area contributed by atoms with E-state index in [1.54, 1.807) is 6.07 Å². The predicted octanol–water partition coefficient (Wildman–Crippen LogP) is 4.07. The molecule has 0 atom stereocenters. The fraction of sp³-hybridized carbons (Fsp3) is 0.304. The third kappa shape index (κ3) is 3.93. The van der Waals surface area contributed by atoms with Crippen molar-refractivity contribution in [1.82, 2.24) is 25.3 Å². The summed E-state index contributed by atoms with van der Waals surface area (Å²) >= 11 is 0. The fourth-order valence-electron chi connectivity index (χ4n) is 4.05. The smallest absolute Gasteiger partial charge is 0.131 e. The standard InChI is InChI=1S/C23H23FN5O/c1-15-11-22(20-13-18(24)5-6-21(20)25-15)30-19-7-9-29(10-8-19)14-16-3-2-4-17(12-16)23-26-28-27-23/h2-6,11-13,19,28H,7-10,14H2,1H3/q-1. The summed E-state index contributed by atoms with van der Waals surface area (Å²) in [5.74, 6) is 1.20. The van der Waals surface area contributed by atoms with Crippen molar-refractivity contribution in [3.63, 3.8) is 0 Å². The number of halogens is 1. The second-order valence-electron chi connectivity index (χ2n) is 7.86. The van der Waals surface area contributed by atoms with Gasteiger partial charge in [-0.1, -0.05) is 18.2 Å². The molecule has 0 unspecified atom stereocenters. The van der Waals surface area contributed by atoms with Gasteiger partial charge in [-0.05, 0) is 55.2 Å². The van der Waals surface area contributed by atoms with Crippen LogP contribution in [0.4, 0.5) is 4.39 Å². The van der Waals surface area contributed by atoms with Crippen molar-refractivity contribution in [2.75, 3.05) is 13.1 Å². The van der Waals surface area contributed by atoms with Crippen molar-refractivity contribution in [1.29, 1.82) is 0 Å². The molecule has 1 aliphatic heterocycles. The van der Waals surface area contributed by atoms with Gasteiger partial charge in [-0.3, -0.25) is 20.1 Å². The number of nitrogens with zero attached hydrogens (tertiary/aromatic N) is 4. The Morgan fingerprint density at radius 1 is 1.17 bits per heavy atom. The highest BCUT2D eigenvalue weighted by Crippen LogP contribution is 2.29. The van der Waals surface area contributed by atoms with Gasteiger partial charge in [0, 0.05) is 42.6 Å². The summed E-state index contributed by atoms with van der Waals surface area (Å²) in [5.41, 5.74) is 3.93. The summed E-state index contributed by atoms with van der Waals surface area (Å²) in [5, 5.41) is 11.4. The van der Waals surface area contributed by atoms with Crippen molar-refractivity contribution >= 4 is 10.9 Å². The molecule has 0 saturated carbocycles. The van der Waals surface area contributed by atoms with Gasteiger partial charge >= 0.3 is 0 Å². The summed E-state index contributed by atoms with van der Waals surface area (Å²) < 4.78 is 20.1. The maximum absolute atomic E-state index is 13.8. The van der Waals surface area contributed by atoms with Crippen LogP contribution in [-0.4, -0.2) is 39.4 Å². The van der Waals surface area contributed by atoms with Crippen LogP contribution in [-0.2, 0) is 6.54 Å². The number of fused-ring (bicyclic) bond motifs is 1. The van der Waals surface area contributed by atoms with Crippen molar-refractivity contribution in [2.45, 2.75) is 32.4 Å². The first kappa shape index (κ1) is 18.8. The van der Waals surface area contributed by atoms with Crippen LogP contribution in [0.15, 0.2) is 48.5 Å². The molecule has 5 rings (SSSR count). The first-order chi connectivity index (χ1) is 14.6. The van der Waals surface area contributed by atoms with Crippen LogP contribution >= 0.6 is 0 Å². The van der Waals surface area contributed by atoms with E-state index in [-0.39, 0.29) is 11.9 Å². The molecule has 30 heavy (non-hydrogen) atoms. The molecule has 1 saturated heterocycles. The van der Waals surface area contributed by atoms with Gasteiger partial charge in [0.05, 0.1) is 5.52 Å². The first-order valence-electron chi connectivity index (χ1n) is 10.2. The van der Waals surface area contributed by atoms with Gasteiger partial charge < -0.3 is 9.95 Å². The lowest BCUT2D eigenvalue weighted by atomic mass is 10.1. The molecule has 6 nitrogen and oxygen atoms in total. The third-order valence-corrected chi connectivity index (χ3v) is 5.59. The number of likely N-dealkylation sites (tertiary alicyclic amines) is 1. The van der Waals surface area contributed by atoms with E-state index in [4.69, 9.17) is 4.74 Å². The van der Waals surface area contributed by atoms with Gasteiger partial charge in [0.15, 0.2) is 0 Å². The molecule has 7 heteroatoms. The van der Waals surface area contributed by atoms with Gasteiger partial charge in [-0.2, -0.15) is 0 Å². The summed E-state index contributed by atoms with van der Waals surface area (Å²) in [7, 11) is 0. The van der Waals surface area contributed by atoms with Crippen LogP contribution in [0.25, 0.3) is 22.3 Å². The molecule has 4 aromatic rings. The van der Waals surface area contributed by atoms with E-state index in [9.17, 15) is 4.39 Å². The monoisotopic (exact) mass is 404 g/mol. The minimum atomic E-state index is -0.272. The number of ether oxygens (including phenoxy) is 1. The molecule has 0 radical (unpaired) electrons. The molecule has 0 amide bonds. The number of hydrogen-bond acceptors (Lipinski definition) is 4. The second kappa shape index (κ2) is 7.91. The Hall–Kier alpha value is -3.19. The van der Waals surface area contributed by atoms with Crippen LogP contribution in [0.5, 0.6) is 5.75 Å². The minimum absolute atomic E-state index is 0.120. The lowest BCUT2D eigenvalue weighted by Crippen LogP contribution is -2.37. The maximum atomic E-state index is 13.8. The molecule has 0 bridgehead atoms.